The van der Waals surface area contributed by atoms with Crippen LogP contribution in [0, 0.1) is 0 Å². The molecule has 0 bridgehead atoms. The van der Waals surface area contributed by atoms with Crippen LogP contribution in [0.5, 0.6) is 11.5 Å². The van der Waals surface area contributed by atoms with Crippen LogP contribution in [0.15, 0.2) is 101 Å². The molecule has 2 heterocycles. The maximum Gasteiger partial charge on any atom is 0.263 e. The molecule has 6 heteroatoms. The monoisotopic (exact) mass is 461 g/mol. The molecule has 0 radical (unpaired) electrons. The van der Waals surface area contributed by atoms with Crippen molar-refractivity contribution in [2.24, 2.45) is 12.1 Å². The number of phenolic OH excluding ortho intramolecular Hbond substituents is 1. The van der Waals surface area contributed by atoms with Crippen LogP contribution in [-0.2, 0) is 7.05 Å². The minimum atomic E-state index is -0.367. The summed E-state index contributed by atoms with van der Waals surface area (Å²) < 4.78 is 1.54. The maximum atomic E-state index is 13.4. The van der Waals surface area contributed by atoms with E-state index in [9.17, 15) is 15.0 Å². The number of para-hydroxylation sites is 2. The van der Waals surface area contributed by atoms with Gasteiger partial charge in [-0.15, -0.1) is 0 Å². The molecule has 0 fully saturated rings. The fraction of sp³-hybridized carbons (Fsp3) is 0.103. The molecule has 0 amide bonds. The molecule has 35 heavy (non-hydrogen) atoms. The van der Waals surface area contributed by atoms with Crippen LogP contribution < -0.4 is 10.6 Å². The summed E-state index contributed by atoms with van der Waals surface area (Å²) in [7, 11) is 1.70. The largest absolute Gasteiger partial charge is 0.508 e. The van der Waals surface area contributed by atoms with Gasteiger partial charge < -0.3 is 14.8 Å². The second-order valence-electron chi connectivity index (χ2n) is 8.77. The number of aromatic nitrogens is 1. The highest BCUT2D eigenvalue weighted by Gasteiger charge is 2.35. The molecule has 2 N–H and O–H groups in total. The van der Waals surface area contributed by atoms with Crippen molar-refractivity contribution in [3.05, 3.63) is 112 Å². The third kappa shape index (κ3) is 3.26. The lowest BCUT2D eigenvalue weighted by Crippen LogP contribution is -2.24. The zero-order valence-corrected chi connectivity index (χ0v) is 19.1. The van der Waals surface area contributed by atoms with Gasteiger partial charge in [0.25, 0.3) is 5.56 Å². The van der Waals surface area contributed by atoms with Crippen molar-refractivity contribution in [2.45, 2.75) is 12.5 Å². The Kier molecular flexibility index (Phi) is 4.81. The molecule has 1 aliphatic heterocycles. The van der Waals surface area contributed by atoms with E-state index in [0.717, 1.165) is 22.0 Å². The number of pyridine rings is 1. The van der Waals surface area contributed by atoms with E-state index in [0.29, 0.717) is 23.0 Å². The SMILES string of the molecule is Cn1c(=O)c(C2=NN(c3ccccc3)[C@H](c3c(O)ccc4ccccc34)C2)c(O)c2ccccc21. The highest BCUT2D eigenvalue weighted by Crippen LogP contribution is 2.44. The molecule has 1 aromatic heterocycles. The number of aromatic hydroxyl groups is 2. The Bertz CT molecular complexity index is 1690. The molecule has 6 rings (SSSR count). The van der Waals surface area contributed by atoms with Gasteiger partial charge in [0.2, 0.25) is 0 Å². The summed E-state index contributed by atoms with van der Waals surface area (Å²) in [5.41, 5.74) is 2.58. The third-order valence-electron chi connectivity index (χ3n) is 6.78. The number of benzene rings is 4. The first kappa shape index (κ1) is 21.0. The van der Waals surface area contributed by atoms with E-state index in [1.807, 2.05) is 83.9 Å². The molecule has 0 unspecified atom stereocenters. The van der Waals surface area contributed by atoms with E-state index in [4.69, 9.17) is 5.10 Å². The lowest BCUT2D eigenvalue weighted by Gasteiger charge is -2.25. The number of hydrogen-bond donors (Lipinski definition) is 2. The molecular weight excluding hydrogens is 438 g/mol. The van der Waals surface area contributed by atoms with Gasteiger partial charge in [-0.05, 0) is 41.1 Å². The predicted octanol–water partition coefficient (Wildman–Crippen LogP) is 5.46. The van der Waals surface area contributed by atoms with Gasteiger partial charge in [0, 0.05) is 24.4 Å². The number of rotatable bonds is 3. The molecule has 1 aliphatic rings. The lowest BCUT2D eigenvalue weighted by molar-refractivity contribution is 0.463. The topological polar surface area (TPSA) is 78.1 Å². The quantitative estimate of drug-likeness (QED) is 0.374. The maximum absolute atomic E-state index is 13.4. The minimum absolute atomic E-state index is 0.0711. The van der Waals surface area contributed by atoms with Gasteiger partial charge in [0.15, 0.2) is 0 Å². The number of aryl methyl sites for hydroxylation is 1. The van der Waals surface area contributed by atoms with E-state index >= 15 is 0 Å². The van der Waals surface area contributed by atoms with Crippen molar-refractivity contribution in [3.8, 4) is 11.5 Å². The molecule has 0 aliphatic carbocycles. The second-order valence-corrected chi connectivity index (χ2v) is 8.77. The van der Waals surface area contributed by atoms with Crippen LogP contribution in [0.1, 0.15) is 23.6 Å². The van der Waals surface area contributed by atoms with Crippen molar-refractivity contribution in [3.63, 3.8) is 0 Å². The highest BCUT2D eigenvalue weighted by molar-refractivity contribution is 6.09. The van der Waals surface area contributed by atoms with E-state index in [1.165, 1.54) is 0 Å². The number of fused-ring (bicyclic) bond motifs is 2. The average molecular weight is 462 g/mol. The standard InChI is InChI=1S/C29H23N3O3/c1-31-23-14-8-7-13-21(23)28(34)27(29(31)35)22-17-24(32(30-22)19-10-3-2-4-11-19)26-20-12-6-5-9-18(20)15-16-25(26)33/h2-16,24,33-34H,17H2,1H3/t24-/m0/s1. The smallest absolute Gasteiger partial charge is 0.263 e. The number of hydrogen-bond acceptors (Lipinski definition) is 5. The molecule has 0 saturated carbocycles. The summed E-state index contributed by atoms with van der Waals surface area (Å²) >= 11 is 0. The molecule has 4 aromatic carbocycles. The zero-order valence-electron chi connectivity index (χ0n) is 19.1. The van der Waals surface area contributed by atoms with Crippen LogP contribution in [0.4, 0.5) is 5.69 Å². The zero-order chi connectivity index (χ0) is 24.1. The van der Waals surface area contributed by atoms with Crippen LogP contribution in [0.3, 0.4) is 0 Å². The van der Waals surface area contributed by atoms with E-state index in [-0.39, 0.29) is 28.7 Å². The summed E-state index contributed by atoms with van der Waals surface area (Å²) in [6.45, 7) is 0. The van der Waals surface area contributed by atoms with Gasteiger partial charge in [0.05, 0.1) is 23.0 Å². The Morgan fingerprint density at radius 3 is 2.31 bits per heavy atom. The van der Waals surface area contributed by atoms with Crippen molar-refractivity contribution in [1.82, 2.24) is 4.57 Å². The second kappa shape index (κ2) is 8.02. The fourth-order valence-corrected chi connectivity index (χ4v) is 5.08. The molecule has 5 aromatic rings. The third-order valence-corrected chi connectivity index (χ3v) is 6.78. The van der Waals surface area contributed by atoms with Crippen molar-refractivity contribution >= 4 is 33.1 Å². The molecule has 0 spiro atoms. The minimum Gasteiger partial charge on any atom is -0.508 e. The van der Waals surface area contributed by atoms with Gasteiger partial charge in [-0.25, -0.2) is 0 Å². The Morgan fingerprint density at radius 1 is 0.829 bits per heavy atom. The molecule has 0 saturated heterocycles. The van der Waals surface area contributed by atoms with Crippen molar-refractivity contribution < 1.29 is 10.2 Å². The Hall–Kier alpha value is -4.58. The summed E-state index contributed by atoms with van der Waals surface area (Å²) in [6.07, 6.45) is 0.345. The first-order chi connectivity index (χ1) is 17.0. The lowest BCUT2D eigenvalue weighted by atomic mass is 9.92. The Labute approximate surface area is 201 Å². The van der Waals surface area contributed by atoms with E-state index in [2.05, 4.69) is 0 Å². The molecular formula is C29H23N3O3. The summed E-state index contributed by atoms with van der Waals surface area (Å²) in [6, 6.07) is 28.1. The van der Waals surface area contributed by atoms with Gasteiger partial charge in [-0.2, -0.15) is 5.10 Å². The van der Waals surface area contributed by atoms with Crippen LogP contribution in [0.2, 0.25) is 0 Å². The van der Waals surface area contributed by atoms with Crippen LogP contribution in [0.25, 0.3) is 21.7 Å². The van der Waals surface area contributed by atoms with E-state index in [1.54, 1.807) is 23.7 Å². The first-order valence-corrected chi connectivity index (χ1v) is 11.5. The summed E-state index contributed by atoms with van der Waals surface area (Å²) in [5.74, 6) is 0.0972. The number of anilines is 1. The Morgan fingerprint density at radius 2 is 1.51 bits per heavy atom. The predicted molar refractivity (Wildman–Crippen MR) is 139 cm³/mol. The molecule has 6 nitrogen and oxygen atoms in total. The fourth-order valence-electron chi connectivity index (χ4n) is 5.08. The van der Waals surface area contributed by atoms with Gasteiger partial charge in [-0.3, -0.25) is 9.80 Å². The van der Waals surface area contributed by atoms with Crippen LogP contribution >= 0.6 is 0 Å². The number of hydrazone groups is 1. The van der Waals surface area contributed by atoms with Crippen molar-refractivity contribution in [1.29, 1.82) is 0 Å². The number of nitrogens with zero attached hydrogens (tertiary/aromatic N) is 3. The Balaban J connectivity index is 1.59. The van der Waals surface area contributed by atoms with Crippen molar-refractivity contribution in [2.75, 3.05) is 5.01 Å². The van der Waals surface area contributed by atoms with Gasteiger partial charge in [0.1, 0.15) is 17.1 Å². The molecule has 1 atom stereocenters. The average Bonchev–Trinajstić information content (AvgIpc) is 3.32. The van der Waals surface area contributed by atoms with E-state index < -0.39 is 0 Å². The highest BCUT2D eigenvalue weighted by atomic mass is 16.3. The summed E-state index contributed by atoms with van der Waals surface area (Å²) in [5, 5.41) is 31.4. The number of phenols is 1. The molecule has 172 valence electrons. The normalized spacial score (nSPS) is 15.6. The van der Waals surface area contributed by atoms with Gasteiger partial charge >= 0.3 is 0 Å². The van der Waals surface area contributed by atoms with Crippen LogP contribution in [-0.4, -0.2) is 20.5 Å². The summed E-state index contributed by atoms with van der Waals surface area (Å²) in [4.78, 5) is 13.4. The van der Waals surface area contributed by atoms with Gasteiger partial charge in [-0.1, -0.05) is 60.7 Å². The first-order valence-electron chi connectivity index (χ1n) is 11.5.